The normalized spacial score (nSPS) is 12.5. The first-order valence-corrected chi connectivity index (χ1v) is 7.12. The predicted octanol–water partition coefficient (Wildman–Crippen LogP) is 4.20. The third-order valence-electron chi connectivity index (χ3n) is 3.20. The van der Waals surface area contributed by atoms with Gasteiger partial charge in [-0.3, -0.25) is 0 Å². The number of hydrogen-bond acceptors (Lipinski definition) is 4. The Morgan fingerprint density at radius 3 is 2.68 bits per heavy atom. The van der Waals surface area contributed by atoms with Gasteiger partial charge in [0.25, 0.3) is 0 Å². The van der Waals surface area contributed by atoms with Crippen LogP contribution in [0.4, 0.5) is 0 Å². The van der Waals surface area contributed by atoms with E-state index in [-0.39, 0.29) is 11.7 Å². The molecule has 0 aliphatic rings. The van der Waals surface area contributed by atoms with Gasteiger partial charge in [0.15, 0.2) is 0 Å². The number of furan rings is 1. The summed E-state index contributed by atoms with van der Waals surface area (Å²) in [6, 6.07) is 15.0. The van der Waals surface area contributed by atoms with Crippen LogP contribution >= 0.6 is 0 Å². The van der Waals surface area contributed by atoms with Crippen molar-refractivity contribution in [1.82, 2.24) is 0 Å². The van der Waals surface area contributed by atoms with Crippen molar-refractivity contribution in [2.24, 2.45) is 0 Å². The van der Waals surface area contributed by atoms with Crippen molar-refractivity contribution in [2.75, 3.05) is 0 Å². The van der Waals surface area contributed by atoms with Gasteiger partial charge in [0, 0.05) is 11.6 Å². The number of rotatable bonds is 5. The van der Waals surface area contributed by atoms with E-state index < -0.39 is 5.97 Å². The average Bonchev–Trinajstić information content (AvgIpc) is 3.01. The van der Waals surface area contributed by atoms with Gasteiger partial charge in [-0.1, -0.05) is 37.3 Å². The second-order valence-corrected chi connectivity index (χ2v) is 4.86. The van der Waals surface area contributed by atoms with E-state index in [0.29, 0.717) is 17.9 Å². The van der Waals surface area contributed by atoms with E-state index in [1.807, 2.05) is 43.3 Å². The Hall–Kier alpha value is -2.80. The summed E-state index contributed by atoms with van der Waals surface area (Å²) in [5.41, 5.74) is 0.858. The molecule has 1 aromatic heterocycles. The molecule has 0 N–H and O–H groups in total. The Kier molecular flexibility index (Phi) is 5.16. The maximum absolute atomic E-state index is 11.9. The monoisotopic (exact) mass is 295 g/mol. The molecular weight excluding hydrogens is 278 g/mol. The minimum absolute atomic E-state index is 0.0748. The van der Waals surface area contributed by atoms with Gasteiger partial charge in [0.1, 0.15) is 23.2 Å². The number of esters is 1. The second-order valence-electron chi connectivity index (χ2n) is 4.86. The zero-order valence-electron chi connectivity index (χ0n) is 12.6. The quantitative estimate of drug-likeness (QED) is 0.471. The van der Waals surface area contributed by atoms with Gasteiger partial charge in [-0.25, -0.2) is 4.79 Å². The standard InChI is InChI=1S/C18H17NO3/c1-3-13(2)21-18(20)15(12-19)11-16-9-10-17(22-16)14-7-5-4-6-8-14/h4-11,13H,3H2,1-2H3/b15-11-. The summed E-state index contributed by atoms with van der Waals surface area (Å²) in [4.78, 5) is 11.9. The van der Waals surface area contributed by atoms with Crippen molar-refractivity contribution >= 4 is 12.0 Å². The Morgan fingerprint density at radius 2 is 2.05 bits per heavy atom. The number of nitrogens with zero attached hydrogens (tertiary/aromatic N) is 1. The number of carbonyl (C=O) groups is 1. The third-order valence-corrected chi connectivity index (χ3v) is 3.20. The lowest BCUT2D eigenvalue weighted by Gasteiger charge is -2.09. The molecule has 4 nitrogen and oxygen atoms in total. The van der Waals surface area contributed by atoms with Crippen LogP contribution in [0.5, 0.6) is 0 Å². The van der Waals surface area contributed by atoms with Crippen molar-refractivity contribution in [3.8, 4) is 17.4 Å². The van der Waals surface area contributed by atoms with Crippen molar-refractivity contribution in [2.45, 2.75) is 26.4 Å². The lowest BCUT2D eigenvalue weighted by Crippen LogP contribution is -2.15. The summed E-state index contributed by atoms with van der Waals surface area (Å²) < 4.78 is 10.8. The van der Waals surface area contributed by atoms with Crippen molar-refractivity contribution in [3.05, 3.63) is 53.8 Å². The lowest BCUT2D eigenvalue weighted by atomic mass is 10.2. The second kappa shape index (κ2) is 7.28. The van der Waals surface area contributed by atoms with Crippen LogP contribution in [0, 0.1) is 11.3 Å². The van der Waals surface area contributed by atoms with Gasteiger partial charge in [-0.2, -0.15) is 5.26 Å². The molecule has 112 valence electrons. The number of nitriles is 1. The van der Waals surface area contributed by atoms with Gasteiger partial charge in [0.05, 0.1) is 6.10 Å². The molecule has 4 heteroatoms. The van der Waals surface area contributed by atoms with Crippen LogP contribution in [0.15, 0.2) is 52.5 Å². The summed E-state index contributed by atoms with van der Waals surface area (Å²) in [5.74, 6) is 0.491. The SMILES string of the molecule is CCC(C)OC(=O)/C(C#N)=C\c1ccc(-c2ccccc2)o1. The Bertz CT molecular complexity index is 707. The molecule has 0 saturated heterocycles. The van der Waals surface area contributed by atoms with Gasteiger partial charge < -0.3 is 9.15 Å². The molecule has 0 bridgehead atoms. The van der Waals surface area contributed by atoms with Crippen LogP contribution in [-0.4, -0.2) is 12.1 Å². The van der Waals surface area contributed by atoms with Crippen LogP contribution in [0.1, 0.15) is 26.0 Å². The number of benzene rings is 1. The molecule has 1 aromatic carbocycles. The van der Waals surface area contributed by atoms with Crippen LogP contribution < -0.4 is 0 Å². The van der Waals surface area contributed by atoms with Crippen LogP contribution in [0.3, 0.4) is 0 Å². The fraction of sp³-hybridized carbons (Fsp3) is 0.222. The molecule has 0 radical (unpaired) electrons. The smallest absolute Gasteiger partial charge is 0.349 e. The molecule has 0 saturated carbocycles. The van der Waals surface area contributed by atoms with Crippen molar-refractivity contribution in [3.63, 3.8) is 0 Å². The minimum Gasteiger partial charge on any atom is -0.459 e. The molecule has 1 atom stereocenters. The van der Waals surface area contributed by atoms with E-state index in [2.05, 4.69) is 0 Å². The van der Waals surface area contributed by atoms with Gasteiger partial charge in [0.2, 0.25) is 0 Å². The summed E-state index contributed by atoms with van der Waals surface area (Å²) in [7, 11) is 0. The maximum atomic E-state index is 11.9. The summed E-state index contributed by atoms with van der Waals surface area (Å²) in [5, 5.41) is 9.11. The van der Waals surface area contributed by atoms with Crippen molar-refractivity contribution < 1.29 is 13.9 Å². The number of carbonyl (C=O) groups excluding carboxylic acids is 1. The first kappa shape index (κ1) is 15.6. The molecule has 1 heterocycles. The fourth-order valence-electron chi connectivity index (χ4n) is 1.80. The van der Waals surface area contributed by atoms with E-state index >= 15 is 0 Å². The predicted molar refractivity (Wildman–Crippen MR) is 83.6 cm³/mol. The molecule has 2 aromatic rings. The highest BCUT2D eigenvalue weighted by Crippen LogP contribution is 2.23. The van der Waals surface area contributed by atoms with Gasteiger partial charge in [-0.15, -0.1) is 0 Å². The molecule has 22 heavy (non-hydrogen) atoms. The average molecular weight is 295 g/mol. The van der Waals surface area contributed by atoms with Crippen LogP contribution in [0.25, 0.3) is 17.4 Å². The van der Waals surface area contributed by atoms with Gasteiger partial charge >= 0.3 is 5.97 Å². The molecule has 0 amide bonds. The first-order valence-electron chi connectivity index (χ1n) is 7.12. The number of ether oxygens (including phenoxy) is 1. The van der Waals surface area contributed by atoms with E-state index in [1.165, 1.54) is 6.08 Å². The van der Waals surface area contributed by atoms with Crippen LogP contribution in [0.2, 0.25) is 0 Å². The number of hydrogen-bond donors (Lipinski definition) is 0. The molecule has 0 spiro atoms. The van der Waals surface area contributed by atoms with Crippen LogP contribution in [-0.2, 0) is 9.53 Å². The van der Waals surface area contributed by atoms with E-state index in [1.54, 1.807) is 19.1 Å². The molecule has 1 unspecified atom stereocenters. The topological polar surface area (TPSA) is 63.2 Å². The highest BCUT2D eigenvalue weighted by atomic mass is 16.5. The highest BCUT2D eigenvalue weighted by Gasteiger charge is 2.14. The molecule has 0 fully saturated rings. The molecular formula is C18H17NO3. The first-order chi connectivity index (χ1) is 10.6. The van der Waals surface area contributed by atoms with Crippen molar-refractivity contribution in [1.29, 1.82) is 5.26 Å². The Labute approximate surface area is 129 Å². The Balaban J connectivity index is 2.19. The largest absolute Gasteiger partial charge is 0.459 e. The summed E-state index contributed by atoms with van der Waals surface area (Å²) in [6.07, 6.45) is 1.88. The summed E-state index contributed by atoms with van der Waals surface area (Å²) >= 11 is 0. The third kappa shape index (κ3) is 3.86. The summed E-state index contributed by atoms with van der Waals surface area (Å²) in [6.45, 7) is 3.69. The molecule has 2 rings (SSSR count). The van der Waals surface area contributed by atoms with E-state index in [9.17, 15) is 4.79 Å². The molecule has 0 aliphatic heterocycles. The Morgan fingerprint density at radius 1 is 1.32 bits per heavy atom. The molecule has 0 aliphatic carbocycles. The highest BCUT2D eigenvalue weighted by molar-refractivity contribution is 5.97. The fourth-order valence-corrected chi connectivity index (χ4v) is 1.80. The van der Waals surface area contributed by atoms with E-state index in [0.717, 1.165) is 5.56 Å². The minimum atomic E-state index is -0.630. The lowest BCUT2D eigenvalue weighted by molar-refractivity contribution is -0.142. The zero-order chi connectivity index (χ0) is 15.9. The van der Waals surface area contributed by atoms with E-state index in [4.69, 9.17) is 14.4 Å². The van der Waals surface area contributed by atoms with Gasteiger partial charge in [-0.05, 0) is 25.5 Å². The maximum Gasteiger partial charge on any atom is 0.349 e. The zero-order valence-corrected chi connectivity index (χ0v) is 12.6.